The molecule has 4 aliphatic rings. The summed E-state index contributed by atoms with van der Waals surface area (Å²) in [5.74, 6) is 5.11. The Morgan fingerprint density at radius 3 is 2.62 bits per heavy atom. The molecule has 1 unspecified atom stereocenters. The van der Waals surface area contributed by atoms with E-state index in [0.29, 0.717) is 18.6 Å². The van der Waals surface area contributed by atoms with Crippen molar-refractivity contribution in [2.75, 3.05) is 39.3 Å². The zero-order valence-electron chi connectivity index (χ0n) is 18.2. The number of likely N-dealkylation sites (tertiary alicyclic amines) is 1. The van der Waals surface area contributed by atoms with Crippen LogP contribution in [0, 0.1) is 29.6 Å². The molecule has 0 bridgehead atoms. The number of nitrogens with zero attached hydrogens (tertiary/aromatic N) is 2. The molecule has 164 valence electrons. The lowest BCUT2D eigenvalue weighted by Crippen LogP contribution is -2.47. The molecular weight excluding hydrogens is 384 g/mol. The number of nitrogens with one attached hydrogen (secondary N) is 2. The zero-order chi connectivity index (χ0) is 20.2. The largest absolute Gasteiger partial charge is 0.378 e. The number of aliphatic imine (C=N–C) groups is 1. The van der Waals surface area contributed by atoms with Crippen LogP contribution in [0.3, 0.4) is 0 Å². The molecule has 0 aromatic carbocycles. The first kappa shape index (κ1) is 21.5. The predicted octanol–water partition coefficient (Wildman–Crippen LogP) is 3.80. The van der Waals surface area contributed by atoms with Crippen molar-refractivity contribution in [1.82, 2.24) is 15.5 Å². The van der Waals surface area contributed by atoms with E-state index in [1.54, 1.807) is 6.20 Å². The fourth-order valence-corrected chi connectivity index (χ4v) is 5.82. The molecular formula is C23H39ClN4O. The third-order valence-electron chi connectivity index (χ3n) is 7.47. The fraction of sp³-hybridized carbons (Fsp3) is 0.870. The van der Waals surface area contributed by atoms with Gasteiger partial charge < -0.3 is 20.3 Å². The van der Waals surface area contributed by atoms with Crippen LogP contribution >= 0.6 is 11.6 Å². The number of guanidine groups is 1. The summed E-state index contributed by atoms with van der Waals surface area (Å²) in [6.07, 6.45) is 10.1. The summed E-state index contributed by atoms with van der Waals surface area (Å²) in [4.78, 5) is 6.85. The first-order chi connectivity index (χ1) is 14.1. The van der Waals surface area contributed by atoms with E-state index in [4.69, 9.17) is 16.3 Å². The average Bonchev–Trinajstić information content (AvgIpc) is 3.52. The molecule has 0 amide bonds. The summed E-state index contributed by atoms with van der Waals surface area (Å²) in [5.41, 5.74) is 0. The first-order valence-electron chi connectivity index (χ1n) is 11.8. The Bertz CT molecular complexity index is 594. The highest BCUT2D eigenvalue weighted by atomic mass is 35.5. The van der Waals surface area contributed by atoms with Gasteiger partial charge in [0.1, 0.15) is 0 Å². The molecule has 1 saturated carbocycles. The highest BCUT2D eigenvalue weighted by Gasteiger charge is 2.43. The van der Waals surface area contributed by atoms with E-state index < -0.39 is 0 Å². The smallest absolute Gasteiger partial charge is 0.198 e. The monoisotopic (exact) mass is 422 g/mol. The van der Waals surface area contributed by atoms with Gasteiger partial charge in [-0.2, -0.15) is 0 Å². The fourth-order valence-electron chi connectivity index (χ4n) is 5.70. The second-order valence-corrected chi connectivity index (χ2v) is 10.3. The van der Waals surface area contributed by atoms with Crippen molar-refractivity contribution in [3.8, 4) is 0 Å². The van der Waals surface area contributed by atoms with Gasteiger partial charge in [0.25, 0.3) is 0 Å². The molecule has 4 rings (SSSR count). The Kier molecular flexibility index (Phi) is 7.41. The van der Waals surface area contributed by atoms with Gasteiger partial charge >= 0.3 is 0 Å². The summed E-state index contributed by atoms with van der Waals surface area (Å²) < 4.78 is 6.46. The van der Waals surface area contributed by atoms with Gasteiger partial charge in [-0.3, -0.25) is 0 Å². The van der Waals surface area contributed by atoms with Gasteiger partial charge in [-0.25, -0.2) is 4.99 Å². The number of ether oxygens (including phenoxy) is 1. The van der Waals surface area contributed by atoms with E-state index in [1.165, 1.54) is 38.5 Å². The second kappa shape index (κ2) is 10.0. The molecule has 0 radical (unpaired) electrons. The van der Waals surface area contributed by atoms with Crippen molar-refractivity contribution in [1.29, 1.82) is 0 Å². The summed E-state index contributed by atoms with van der Waals surface area (Å²) in [7, 11) is 0. The van der Waals surface area contributed by atoms with Crippen molar-refractivity contribution in [3.05, 3.63) is 11.2 Å². The van der Waals surface area contributed by atoms with E-state index in [-0.39, 0.29) is 0 Å². The lowest BCUT2D eigenvalue weighted by atomic mass is 9.86. The average molecular weight is 423 g/mol. The van der Waals surface area contributed by atoms with Gasteiger partial charge in [-0.15, -0.1) is 0 Å². The first-order valence-corrected chi connectivity index (χ1v) is 12.2. The zero-order valence-corrected chi connectivity index (χ0v) is 19.0. The Labute approximate surface area is 181 Å². The third kappa shape index (κ3) is 5.68. The molecule has 6 heteroatoms. The van der Waals surface area contributed by atoms with Crippen LogP contribution in [0.25, 0.3) is 0 Å². The molecule has 3 heterocycles. The van der Waals surface area contributed by atoms with Gasteiger partial charge in [-0.1, -0.05) is 25.4 Å². The maximum atomic E-state index is 6.46. The topological polar surface area (TPSA) is 48.9 Å². The number of halogens is 1. The van der Waals surface area contributed by atoms with Crippen LogP contribution in [-0.2, 0) is 4.74 Å². The van der Waals surface area contributed by atoms with Crippen molar-refractivity contribution >= 4 is 17.6 Å². The lowest BCUT2D eigenvalue weighted by molar-refractivity contribution is -0.0290. The SMILES string of the molecule is CC(C)C(OCC[C@@H]1C[C@@H]1C1CCN(C2=NC=C(Cl)CN2)CC1)C1CCNCC1. The molecule has 3 aliphatic heterocycles. The number of hydrogen-bond acceptors (Lipinski definition) is 5. The molecule has 0 spiro atoms. The quantitative estimate of drug-likeness (QED) is 0.655. The Hall–Kier alpha value is -0.780. The van der Waals surface area contributed by atoms with Gasteiger partial charge in [0, 0.05) is 25.9 Å². The summed E-state index contributed by atoms with van der Waals surface area (Å²) >= 11 is 5.99. The van der Waals surface area contributed by atoms with Gasteiger partial charge in [0.2, 0.25) is 0 Å². The summed E-state index contributed by atoms with van der Waals surface area (Å²) in [6, 6.07) is 0. The summed E-state index contributed by atoms with van der Waals surface area (Å²) in [6.45, 7) is 10.9. The molecule has 5 nitrogen and oxygen atoms in total. The van der Waals surface area contributed by atoms with Crippen molar-refractivity contribution in [2.45, 2.75) is 58.5 Å². The van der Waals surface area contributed by atoms with Crippen LogP contribution in [0.2, 0.25) is 0 Å². The highest BCUT2D eigenvalue weighted by molar-refractivity contribution is 6.30. The third-order valence-corrected chi connectivity index (χ3v) is 7.70. The molecule has 29 heavy (non-hydrogen) atoms. The van der Waals surface area contributed by atoms with Crippen LogP contribution in [0.1, 0.15) is 52.4 Å². The summed E-state index contributed by atoms with van der Waals surface area (Å²) in [5, 5.41) is 7.60. The maximum absolute atomic E-state index is 6.46. The van der Waals surface area contributed by atoms with E-state index in [9.17, 15) is 0 Å². The number of hydrogen-bond donors (Lipinski definition) is 2. The van der Waals surface area contributed by atoms with Crippen LogP contribution in [-0.4, -0.2) is 56.3 Å². The molecule has 0 aromatic rings. The predicted molar refractivity (Wildman–Crippen MR) is 120 cm³/mol. The van der Waals surface area contributed by atoms with Gasteiger partial charge in [0.15, 0.2) is 5.96 Å². The van der Waals surface area contributed by atoms with Gasteiger partial charge in [0.05, 0.1) is 17.7 Å². The van der Waals surface area contributed by atoms with E-state index >= 15 is 0 Å². The maximum Gasteiger partial charge on any atom is 0.198 e. The van der Waals surface area contributed by atoms with Crippen LogP contribution < -0.4 is 10.6 Å². The minimum Gasteiger partial charge on any atom is -0.378 e. The highest BCUT2D eigenvalue weighted by Crippen LogP contribution is 2.49. The van der Waals surface area contributed by atoms with Crippen molar-refractivity contribution < 1.29 is 4.74 Å². The molecule has 3 fully saturated rings. The normalized spacial score (nSPS) is 30.0. The molecule has 3 atom stereocenters. The number of piperidine rings is 2. The minimum atomic E-state index is 0.448. The molecule has 1 aliphatic carbocycles. The van der Waals surface area contributed by atoms with E-state index in [0.717, 1.165) is 67.4 Å². The molecule has 2 saturated heterocycles. The van der Waals surface area contributed by atoms with Crippen molar-refractivity contribution in [3.63, 3.8) is 0 Å². The molecule has 2 N–H and O–H groups in total. The lowest BCUT2D eigenvalue weighted by Gasteiger charge is -2.35. The van der Waals surface area contributed by atoms with Crippen LogP contribution in [0.5, 0.6) is 0 Å². The Morgan fingerprint density at radius 1 is 1.21 bits per heavy atom. The minimum absolute atomic E-state index is 0.448. The van der Waals surface area contributed by atoms with Crippen LogP contribution in [0.4, 0.5) is 0 Å². The van der Waals surface area contributed by atoms with E-state index in [1.807, 2.05) is 0 Å². The standard InChI is InChI=1S/C23H39ClN4O/c1-16(2)22(18-3-8-25-9-4-18)29-12-7-19-13-21(19)17-5-10-28(11-6-17)23-26-14-20(24)15-27-23/h14,16-19,21-22,25H,3-13,15H2,1-2H3,(H,26,27)/t19-,21-,22?/m1/s1. The second-order valence-electron chi connectivity index (χ2n) is 9.82. The Balaban J connectivity index is 1.15. The van der Waals surface area contributed by atoms with E-state index in [2.05, 4.69) is 34.4 Å². The van der Waals surface area contributed by atoms with Gasteiger partial charge in [-0.05, 0) is 81.2 Å². The van der Waals surface area contributed by atoms with Crippen LogP contribution in [0.15, 0.2) is 16.2 Å². The van der Waals surface area contributed by atoms with Crippen molar-refractivity contribution in [2.24, 2.45) is 34.6 Å². The molecule has 0 aromatic heterocycles. The number of rotatable bonds is 7. The Morgan fingerprint density at radius 2 is 1.97 bits per heavy atom.